The predicted molar refractivity (Wildman–Crippen MR) is 86.8 cm³/mol. The van der Waals surface area contributed by atoms with E-state index < -0.39 is 22.8 Å². The summed E-state index contributed by atoms with van der Waals surface area (Å²) in [6, 6.07) is 4.52. The Balaban J connectivity index is 1.95. The number of non-ortho nitro benzene ring substituents is 1. The maximum absolute atomic E-state index is 12.1. The molecule has 1 atom stereocenters. The Morgan fingerprint density at radius 1 is 1.25 bits per heavy atom. The monoisotopic (exact) mass is 336 g/mol. The fraction of sp³-hybridized carbons (Fsp3) is 0.467. The van der Waals surface area contributed by atoms with Crippen LogP contribution >= 0.6 is 0 Å². The van der Waals surface area contributed by atoms with Crippen LogP contribution in [0.2, 0.25) is 0 Å². The van der Waals surface area contributed by atoms with Gasteiger partial charge >= 0.3 is 5.97 Å². The third kappa shape index (κ3) is 4.74. The summed E-state index contributed by atoms with van der Waals surface area (Å²) in [7, 11) is 1.97. The van der Waals surface area contributed by atoms with E-state index in [0.717, 1.165) is 13.1 Å². The van der Waals surface area contributed by atoms with Crippen molar-refractivity contribution in [2.45, 2.75) is 12.5 Å². The molecule has 9 nitrogen and oxygen atoms in total. The van der Waals surface area contributed by atoms with Gasteiger partial charge in [-0.25, -0.2) is 0 Å². The molecular weight excluding hydrogens is 316 g/mol. The van der Waals surface area contributed by atoms with Gasteiger partial charge in [0.1, 0.15) is 6.04 Å². The van der Waals surface area contributed by atoms with E-state index in [4.69, 9.17) is 0 Å². The van der Waals surface area contributed by atoms with Gasteiger partial charge in [-0.3, -0.25) is 24.6 Å². The number of rotatable bonds is 6. The number of amides is 1. The number of piperazine rings is 1. The molecule has 24 heavy (non-hydrogen) atoms. The third-order valence-electron chi connectivity index (χ3n) is 4.00. The van der Waals surface area contributed by atoms with Gasteiger partial charge in [-0.2, -0.15) is 0 Å². The van der Waals surface area contributed by atoms with Crippen molar-refractivity contribution >= 4 is 23.3 Å². The average Bonchev–Trinajstić information content (AvgIpc) is 2.54. The zero-order valence-electron chi connectivity index (χ0n) is 13.3. The molecule has 1 fully saturated rings. The highest BCUT2D eigenvalue weighted by atomic mass is 16.6. The molecule has 1 aromatic rings. The number of likely N-dealkylation sites (N-methyl/N-ethyl adjacent to an activating group) is 1. The minimum absolute atomic E-state index is 0.0751. The Morgan fingerprint density at radius 2 is 1.83 bits per heavy atom. The molecule has 1 heterocycles. The van der Waals surface area contributed by atoms with Gasteiger partial charge in [-0.15, -0.1) is 0 Å². The summed E-state index contributed by atoms with van der Waals surface area (Å²) < 4.78 is 0. The van der Waals surface area contributed by atoms with E-state index in [2.05, 4.69) is 10.2 Å². The minimum atomic E-state index is -1.03. The lowest BCUT2D eigenvalue weighted by Crippen LogP contribution is -2.52. The van der Waals surface area contributed by atoms with Gasteiger partial charge in [0.25, 0.3) is 5.69 Å². The second kappa shape index (κ2) is 7.84. The Bertz CT molecular complexity index is 611. The molecule has 0 spiro atoms. The number of aliphatic carboxylic acids is 1. The number of benzene rings is 1. The largest absolute Gasteiger partial charge is 0.480 e. The van der Waals surface area contributed by atoms with Crippen LogP contribution in [0, 0.1) is 10.1 Å². The molecule has 1 saturated heterocycles. The highest BCUT2D eigenvalue weighted by Crippen LogP contribution is 2.16. The van der Waals surface area contributed by atoms with Crippen molar-refractivity contribution in [3.63, 3.8) is 0 Å². The summed E-state index contributed by atoms with van der Waals surface area (Å²) >= 11 is 0. The van der Waals surface area contributed by atoms with Crippen molar-refractivity contribution in [3.8, 4) is 0 Å². The lowest BCUT2D eigenvalue weighted by Gasteiger charge is -2.35. The molecule has 2 N–H and O–H groups in total. The normalized spacial score (nSPS) is 17.2. The molecule has 1 aromatic carbocycles. The molecular formula is C15H20N4O5. The number of nitrogens with one attached hydrogen (secondary N) is 1. The molecule has 1 unspecified atom stereocenters. The fourth-order valence-electron chi connectivity index (χ4n) is 2.56. The molecule has 0 bridgehead atoms. The van der Waals surface area contributed by atoms with Crippen LogP contribution < -0.4 is 5.32 Å². The molecule has 9 heteroatoms. The topological polar surface area (TPSA) is 116 Å². The van der Waals surface area contributed by atoms with Crippen LogP contribution in [0.5, 0.6) is 0 Å². The number of anilines is 1. The van der Waals surface area contributed by atoms with Gasteiger partial charge in [0, 0.05) is 44.0 Å². The maximum atomic E-state index is 12.1. The van der Waals surface area contributed by atoms with E-state index >= 15 is 0 Å². The van der Waals surface area contributed by atoms with Crippen LogP contribution in [-0.2, 0) is 9.59 Å². The molecule has 0 radical (unpaired) electrons. The number of carboxylic acid groups (broad SMARTS) is 1. The average molecular weight is 336 g/mol. The van der Waals surface area contributed by atoms with Crippen LogP contribution in [0.4, 0.5) is 11.4 Å². The molecule has 1 aliphatic heterocycles. The smallest absolute Gasteiger partial charge is 0.321 e. The molecule has 2 rings (SSSR count). The van der Waals surface area contributed by atoms with E-state index in [1.807, 2.05) is 7.05 Å². The number of nitro groups is 1. The second-order valence-corrected chi connectivity index (χ2v) is 5.75. The van der Waals surface area contributed by atoms with Gasteiger partial charge < -0.3 is 15.3 Å². The first-order valence-corrected chi connectivity index (χ1v) is 7.56. The minimum Gasteiger partial charge on any atom is -0.480 e. The fourth-order valence-corrected chi connectivity index (χ4v) is 2.56. The summed E-state index contributed by atoms with van der Waals surface area (Å²) in [4.78, 5) is 37.5. The Hall–Kier alpha value is -2.52. The first-order chi connectivity index (χ1) is 11.4. The van der Waals surface area contributed by atoms with Gasteiger partial charge in [0.2, 0.25) is 5.91 Å². The zero-order valence-corrected chi connectivity index (χ0v) is 13.3. The predicted octanol–water partition coefficient (Wildman–Crippen LogP) is 0.624. The molecule has 0 aromatic heterocycles. The Kier molecular flexibility index (Phi) is 5.83. The molecule has 130 valence electrons. The van der Waals surface area contributed by atoms with Crippen LogP contribution in [0.15, 0.2) is 24.3 Å². The summed E-state index contributed by atoms with van der Waals surface area (Å²) in [6.07, 6.45) is -0.171. The number of nitro benzene ring substituents is 1. The zero-order chi connectivity index (χ0) is 17.7. The number of hydrogen-bond acceptors (Lipinski definition) is 6. The van der Waals surface area contributed by atoms with Crippen LogP contribution in [0.1, 0.15) is 6.42 Å². The first kappa shape index (κ1) is 17.8. The molecule has 0 saturated carbocycles. The van der Waals surface area contributed by atoms with Crippen molar-refractivity contribution < 1.29 is 19.6 Å². The summed E-state index contributed by atoms with van der Waals surface area (Å²) in [5, 5.41) is 22.6. The van der Waals surface area contributed by atoms with Crippen molar-refractivity contribution in [2.75, 3.05) is 38.5 Å². The van der Waals surface area contributed by atoms with E-state index in [0.29, 0.717) is 18.8 Å². The van der Waals surface area contributed by atoms with E-state index in [-0.39, 0.29) is 12.1 Å². The Morgan fingerprint density at radius 3 is 2.33 bits per heavy atom. The third-order valence-corrected chi connectivity index (χ3v) is 4.00. The number of carbonyl (C=O) groups is 2. The van der Waals surface area contributed by atoms with Gasteiger partial charge in [-0.05, 0) is 19.2 Å². The van der Waals surface area contributed by atoms with Crippen molar-refractivity contribution in [1.82, 2.24) is 9.80 Å². The lowest BCUT2D eigenvalue weighted by atomic mass is 10.1. The Labute approximate surface area is 139 Å². The number of carbonyl (C=O) groups excluding carboxylic acids is 1. The van der Waals surface area contributed by atoms with Crippen LogP contribution in [-0.4, -0.2) is 71.0 Å². The second-order valence-electron chi connectivity index (χ2n) is 5.75. The van der Waals surface area contributed by atoms with Crippen molar-refractivity contribution in [1.29, 1.82) is 0 Å². The lowest BCUT2D eigenvalue weighted by molar-refractivity contribution is -0.384. The standard InChI is InChI=1S/C15H20N4O5/c1-17-6-8-18(9-7-17)13(15(21)22)10-14(20)16-11-2-4-12(5-3-11)19(23)24/h2-5,13H,6-10H2,1H3,(H,16,20)(H,21,22). The molecule has 1 amide bonds. The van der Waals surface area contributed by atoms with E-state index in [9.17, 15) is 24.8 Å². The van der Waals surface area contributed by atoms with Crippen molar-refractivity contribution in [3.05, 3.63) is 34.4 Å². The van der Waals surface area contributed by atoms with E-state index in [1.54, 1.807) is 4.90 Å². The van der Waals surface area contributed by atoms with E-state index in [1.165, 1.54) is 24.3 Å². The number of carboxylic acids is 1. The maximum Gasteiger partial charge on any atom is 0.321 e. The number of nitrogens with zero attached hydrogens (tertiary/aromatic N) is 3. The summed E-state index contributed by atoms with van der Waals surface area (Å²) in [5.74, 6) is -1.46. The van der Waals surface area contributed by atoms with Crippen molar-refractivity contribution in [2.24, 2.45) is 0 Å². The highest BCUT2D eigenvalue weighted by molar-refractivity contribution is 5.94. The molecule has 0 aliphatic carbocycles. The van der Waals surface area contributed by atoms with Gasteiger partial charge in [-0.1, -0.05) is 0 Å². The van der Waals surface area contributed by atoms with Gasteiger partial charge in [0.05, 0.1) is 11.3 Å². The summed E-state index contributed by atoms with van der Waals surface area (Å²) in [6.45, 7) is 2.71. The summed E-state index contributed by atoms with van der Waals surface area (Å²) in [5.41, 5.74) is 0.321. The highest BCUT2D eigenvalue weighted by Gasteiger charge is 2.30. The van der Waals surface area contributed by atoms with Gasteiger partial charge in [0.15, 0.2) is 0 Å². The SMILES string of the molecule is CN1CCN(C(CC(=O)Nc2ccc([N+](=O)[O-])cc2)C(=O)O)CC1. The van der Waals surface area contributed by atoms with Crippen LogP contribution in [0.25, 0.3) is 0 Å². The molecule has 1 aliphatic rings. The number of hydrogen-bond donors (Lipinski definition) is 2. The quantitative estimate of drug-likeness (QED) is 0.578. The first-order valence-electron chi connectivity index (χ1n) is 7.56. The van der Waals surface area contributed by atoms with Crippen LogP contribution in [0.3, 0.4) is 0 Å².